The zero-order valence-corrected chi connectivity index (χ0v) is 14.1. The van der Waals surface area contributed by atoms with Crippen LogP contribution in [0.15, 0.2) is 6.20 Å². The molecule has 2 unspecified atom stereocenters. The van der Waals surface area contributed by atoms with Gasteiger partial charge >= 0.3 is 0 Å². The van der Waals surface area contributed by atoms with Crippen LogP contribution < -0.4 is 5.32 Å². The zero-order chi connectivity index (χ0) is 13.8. The summed E-state index contributed by atoms with van der Waals surface area (Å²) in [6, 6.07) is 0.630. The van der Waals surface area contributed by atoms with Gasteiger partial charge in [-0.3, -0.25) is 4.68 Å². The Labute approximate surface area is 129 Å². The van der Waals surface area contributed by atoms with E-state index in [-0.39, 0.29) is 0 Å². The second-order valence-corrected chi connectivity index (χ2v) is 7.84. The van der Waals surface area contributed by atoms with Crippen LogP contribution in [0.1, 0.15) is 38.5 Å². The topological polar surface area (TPSA) is 29.9 Å². The van der Waals surface area contributed by atoms with Gasteiger partial charge in [-0.2, -0.15) is 28.6 Å². The van der Waals surface area contributed by atoms with Crippen molar-refractivity contribution in [3.8, 4) is 0 Å². The Morgan fingerprint density at radius 2 is 2.32 bits per heavy atom. The molecule has 0 saturated carbocycles. The van der Waals surface area contributed by atoms with Gasteiger partial charge in [-0.25, -0.2) is 0 Å². The summed E-state index contributed by atoms with van der Waals surface area (Å²) in [4.78, 5) is 0. The number of rotatable bonds is 5. The Morgan fingerprint density at radius 1 is 1.53 bits per heavy atom. The average molecular weight is 320 g/mol. The molecule has 19 heavy (non-hydrogen) atoms. The third-order valence-corrected chi connectivity index (χ3v) is 6.36. The summed E-state index contributed by atoms with van der Waals surface area (Å²) in [7, 11) is 0. The average Bonchev–Trinajstić information content (AvgIpc) is 2.79. The number of hydrogen-bond donors (Lipinski definition) is 1. The molecule has 2 atom stereocenters. The molecule has 108 valence electrons. The van der Waals surface area contributed by atoms with Crippen molar-refractivity contribution in [3.05, 3.63) is 16.9 Å². The Hall–Kier alpha value is 0.160. The molecule has 3 nitrogen and oxygen atoms in total. The summed E-state index contributed by atoms with van der Waals surface area (Å²) >= 11 is 10.5. The highest BCUT2D eigenvalue weighted by Crippen LogP contribution is 2.36. The van der Waals surface area contributed by atoms with E-state index in [1.54, 1.807) is 6.20 Å². The lowest BCUT2D eigenvalue weighted by Crippen LogP contribution is -2.35. The molecule has 0 aliphatic carbocycles. The molecule has 0 radical (unpaired) electrons. The fraction of sp³-hybridized carbons (Fsp3) is 0.769. The van der Waals surface area contributed by atoms with E-state index in [1.165, 1.54) is 17.3 Å². The van der Waals surface area contributed by atoms with E-state index < -0.39 is 0 Å². The van der Waals surface area contributed by atoms with Gasteiger partial charge in [0.1, 0.15) is 0 Å². The van der Waals surface area contributed by atoms with Gasteiger partial charge < -0.3 is 5.32 Å². The molecular formula is C13H22ClN3S2. The van der Waals surface area contributed by atoms with Gasteiger partial charge in [0.05, 0.1) is 23.0 Å². The van der Waals surface area contributed by atoms with Crippen LogP contribution in [-0.4, -0.2) is 38.8 Å². The Balaban J connectivity index is 2.29. The molecule has 0 spiro atoms. The van der Waals surface area contributed by atoms with Gasteiger partial charge in [0.2, 0.25) is 0 Å². The van der Waals surface area contributed by atoms with Crippen LogP contribution in [0.2, 0.25) is 5.02 Å². The summed E-state index contributed by atoms with van der Waals surface area (Å²) in [5, 5.41) is 9.42. The summed E-state index contributed by atoms with van der Waals surface area (Å²) in [6.07, 6.45) is 1.78. The molecule has 1 fully saturated rings. The first-order valence-corrected chi connectivity index (χ1v) is 9.39. The van der Waals surface area contributed by atoms with Crippen molar-refractivity contribution in [3.63, 3.8) is 0 Å². The minimum absolute atomic E-state index is 0.292. The molecule has 2 heterocycles. The van der Waals surface area contributed by atoms with Crippen LogP contribution in [0.3, 0.4) is 0 Å². The van der Waals surface area contributed by atoms with E-state index in [2.05, 4.69) is 47.6 Å². The lowest BCUT2D eigenvalue weighted by atomic mass is 10.1. The third-order valence-electron chi connectivity index (χ3n) is 3.21. The van der Waals surface area contributed by atoms with E-state index in [4.69, 9.17) is 11.6 Å². The van der Waals surface area contributed by atoms with Gasteiger partial charge in [-0.05, 0) is 20.4 Å². The van der Waals surface area contributed by atoms with Crippen LogP contribution in [-0.2, 0) is 0 Å². The summed E-state index contributed by atoms with van der Waals surface area (Å²) in [5.41, 5.74) is 1.15. The first-order chi connectivity index (χ1) is 9.15. The molecule has 1 aromatic rings. The molecule has 1 aliphatic rings. The molecule has 0 bridgehead atoms. The minimum atomic E-state index is 0.292. The number of thioether (sulfide) groups is 2. The smallest absolute Gasteiger partial charge is 0.0834 e. The zero-order valence-electron chi connectivity index (χ0n) is 11.7. The number of nitrogens with one attached hydrogen (secondary N) is 1. The first kappa shape index (κ1) is 15.5. The van der Waals surface area contributed by atoms with E-state index >= 15 is 0 Å². The summed E-state index contributed by atoms with van der Waals surface area (Å²) < 4.78 is 2.06. The van der Waals surface area contributed by atoms with E-state index in [1.807, 2.05) is 11.8 Å². The quantitative estimate of drug-likeness (QED) is 0.898. The van der Waals surface area contributed by atoms with Crippen LogP contribution in [0.25, 0.3) is 0 Å². The van der Waals surface area contributed by atoms with Gasteiger partial charge in [0.15, 0.2) is 0 Å². The molecule has 1 aromatic heterocycles. The van der Waals surface area contributed by atoms with Crippen molar-refractivity contribution >= 4 is 35.1 Å². The van der Waals surface area contributed by atoms with Crippen molar-refractivity contribution in [2.24, 2.45) is 0 Å². The fourth-order valence-electron chi connectivity index (χ4n) is 2.38. The summed E-state index contributed by atoms with van der Waals surface area (Å²) in [5.74, 6) is 3.67. The second kappa shape index (κ2) is 7.25. The van der Waals surface area contributed by atoms with Crippen LogP contribution >= 0.6 is 35.1 Å². The standard InChI is InChI=1S/C13H22ClN3S2/c1-4-15-12(11-8-18-5-6-19-11)13-10(14)7-16-17(13)9(2)3/h7,9,11-12,15H,4-6,8H2,1-3H3. The molecule has 0 aromatic carbocycles. The van der Waals surface area contributed by atoms with Gasteiger partial charge in [-0.15, -0.1) is 0 Å². The molecule has 1 aliphatic heterocycles. The van der Waals surface area contributed by atoms with Crippen molar-refractivity contribution in [2.45, 2.75) is 38.1 Å². The maximum absolute atomic E-state index is 6.40. The number of hydrogen-bond acceptors (Lipinski definition) is 4. The Morgan fingerprint density at radius 3 is 2.89 bits per heavy atom. The molecule has 2 rings (SSSR count). The number of aromatic nitrogens is 2. The van der Waals surface area contributed by atoms with Gasteiger partial charge in [0, 0.05) is 28.6 Å². The molecule has 1 N–H and O–H groups in total. The fourth-order valence-corrected chi connectivity index (χ4v) is 5.47. The van der Waals surface area contributed by atoms with Gasteiger partial charge in [-0.1, -0.05) is 18.5 Å². The second-order valence-electron chi connectivity index (χ2n) is 4.94. The van der Waals surface area contributed by atoms with E-state index in [9.17, 15) is 0 Å². The highest BCUT2D eigenvalue weighted by molar-refractivity contribution is 8.06. The maximum atomic E-state index is 6.40. The van der Waals surface area contributed by atoms with Crippen molar-refractivity contribution in [1.29, 1.82) is 0 Å². The van der Waals surface area contributed by atoms with Gasteiger partial charge in [0.25, 0.3) is 0 Å². The van der Waals surface area contributed by atoms with Crippen molar-refractivity contribution in [2.75, 3.05) is 23.8 Å². The largest absolute Gasteiger partial charge is 0.308 e. The predicted octanol–water partition coefficient (Wildman–Crippen LogP) is 3.62. The monoisotopic (exact) mass is 319 g/mol. The minimum Gasteiger partial charge on any atom is -0.308 e. The van der Waals surface area contributed by atoms with Crippen LogP contribution in [0.5, 0.6) is 0 Å². The molecule has 0 amide bonds. The van der Waals surface area contributed by atoms with Crippen molar-refractivity contribution in [1.82, 2.24) is 15.1 Å². The van der Waals surface area contributed by atoms with Crippen LogP contribution in [0, 0.1) is 0 Å². The van der Waals surface area contributed by atoms with Crippen LogP contribution in [0.4, 0.5) is 0 Å². The highest BCUT2D eigenvalue weighted by Gasteiger charge is 2.30. The third kappa shape index (κ3) is 3.63. The maximum Gasteiger partial charge on any atom is 0.0834 e. The lowest BCUT2D eigenvalue weighted by molar-refractivity contribution is 0.449. The first-order valence-electron chi connectivity index (χ1n) is 6.80. The Bertz CT molecular complexity index is 403. The molecular weight excluding hydrogens is 298 g/mol. The number of nitrogens with zero attached hydrogens (tertiary/aromatic N) is 2. The predicted molar refractivity (Wildman–Crippen MR) is 87.6 cm³/mol. The highest BCUT2D eigenvalue weighted by atomic mass is 35.5. The molecule has 6 heteroatoms. The number of halogens is 1. The van der Waals surface area contributed by atoms with E-state index in [0.717, 1.165) is 17.3 Å². The Kier molecular flexibility index (Phi) is 5.93. The van der Waals surface area contributed by atoms with E-state index in [0.29, 0.717) is 17.3 Å². The normalized spacial score (nSPS) is 21.8. The SMILES string of the molecule is CCNC(c1c(Cl)cnn1C(C)C)C1CSCCS1. The van der Waals surface area contributed by atoms with Crippen molar-refractivity contribution < 1.29 is 0 Å². The lowest BCUT2D eigenvalue weighted by Gasteiger charge is -2.31. The molecule has 1 saturated heterocycles. The summed E-state index contributed by atoms with van der Waals surface area (Å²) in [6.45, 7) is 7.40.